The molecule has 0 amide bonds. The van der Waals surface area contributed by atoms with E-state index < -0.39 is 11.9 Å². The molecule has 0 fully saturated rings. The van der Waals surface area contributed by atoms with Gasteiger partial charge in [0.1, 0.15) is 0 Å². The Bertz CT molecular complexity index is 649. The number of nitrogens with zero attached hydrogens (tertiary/aromatic N) is 3. The summed E-state index contributed by atoms with van der Waals surface area (Å²) >= 11 is 1.40. The summed E-state index contributed by atoms with van der Waals surface area (Å²) in [5, 5.41) is 10.7. The fraction of sp³-hybridized carbons (Fsp3) is 0.417. The number of rotatable bonds is 5. The number of thiazole rings is 1. The molecule has 7 heteroatoms. The average molecular weight is 281 g/mol. The normalized spacial score (nSPS) is 13.0. The van der Waals surface area contributed by atoms with Gasteiger partial charge in [-0.1, -0.05) is 6.92 Å². The Morgan fingerprint density at radius 2 is 2.37 bits per heavy atom. The van der Waals surface area contributed by atoms with Gasteiger partial charge in [0.2, 0.25) is 0 Å². The first-order valence-corrected chi connectivity index (χ1v) is 6.72. The number of carboxylic acids is 1. The van der Waals surface area contributed by atoms with Crippen LogP contribution in [0.3, 0.4) is 0 Å². The molecule has 0 saturated heterocycles. The van der Waals surface area contributed by atoms with Gasteiger partial charge in [-0.25, -0.2) is 4.98 Å². The van der Waals surface area contributed by atoms with Gasteiger partial charge < -0.3 is 5.11 Å². The summed E-state index contributed by atoms with van der Waals surface area (Å²) < 4.78 is 1.49. The largest absolute Gasteiger partial charge is 0.481 e. The van der Waals surface area contributed by atoms with E-state index in [1.807, 2.05) is 17.3 Å². The molecule has 2 aromatic rings. The minimum Gasteiger partial charge on any atom is -0.481 e. The molecule has 1 atom stereocenters. The first-order chi connectivity index (χ1) is 8.97. The summed E-state index contributed by atoms with van der Waals surface area (Å²) in [5.74, 6) is -1.27. The topological polar surface area (TPSA) is 74.9 Å². The second-order valence-electron chi connectivity index (χ2n) is 4.58. The van der Waals surface area contributed by atoms with Crippen LogP contribution in [0.25, 0.3) is 4.96 Å². The lowest BCUT2D eigenvalue weighted by Crippen LogP contribution is -2.29. The maximum atomic E-state index is 11.8. The minimum absolute atomic E-state index is 0.110. The zero-order valence-corrected chi connectivity index (χ0v) is 11.6. The second-order valence-corrected chi connectivity index (χ2v) is 5.45. The van der Waals surface area contributed by atoms with Crippen molar-refractivity contribution >= 4 is 22.3 Å². The van der Waals surface area contributed by atoms with Crippen LogP contribution >= 0.6 is 11.3 Å². The molecule has 2 heterocycles. The van der Waals surface area contributed by atoms with E-state index in [1.165, 1.54) is 21.8 Å². The predicted molar refractivity (Wildman–Crippen MR) is 72.5 cm³/mol. The molecule has 19 heavy (non-hydrogen) atoms. The molecule has 6 nitrogen and oxygen atoms in total. The van der Waals surface area contributed by atoms with Crippen molar-refractivity contribution in [1.82, 2.24) is 14.3 Å². The van der Waals surface area contributed by atoms with Crippen LogP contribution in [0.1, 0.15) is 12.6 Å². The zero-order chi connectivity index (χ0) is 14.0. The Hall–Kier alpha value is -1.73. The molecule has 0 radical (unpaired) electrons. The summed E-state index contributed by atoms with van der Waals surface area (Å²) in [4.78, 5) is 29.5. The van der Waals surface area contributed by atoms with E-state index in [0.717, 1.165) is 0 Å². The van der Waals surface area contributed by atoms with Crippen LogP contribution in [0.15, 0.2) is 22.4 Å². The van der Waals surface area contributed by atoms with Gasteiger partial charge in [-0.05, 0) is 7.05 Å². The summed E-state index contributed by atoms with van der Waals surface area (Å²) in [6, 6.07) is 1.49. The quantitative estimate of drug-likeness (QED) is 0.881. The monoisotopic (exact) mass is 281 g/mol. The van der Waals surface area contributed by atoms with Crippen molar-refractivity contribution in [2.75, 3.05) is 13.6 Å². The molecule has 0 spiro atoms. The van der Waals surface area contributed by atoms with Gasteiger partial charge in [0, 0.05) is 30.7 Å². The van der Waals surface area contributed by atoms with Crippen LogP contribution in [0.5, 0.6) is 0 Å². The molecule has 1 N–H and O–H groups in total. The fourth-order valence-corrected chi connectivity index (χ4v) is 2.59. The summed E-state index contributed by atoms with van der Waals surface area (Å²) in [6.45, 7) is 2.53. The third-order valence-electron chi connectivity index (χ3n) is 2.80. The van der Waals surface area contributed by atoms with Crippen LogP contribution in [0, 0.1) is 5.92 Å². The molecule has 2 rings (SSSR count). The third-order valence-corrected chi connectivity index (χ3v) is 3.55. The summed E-state index contributed by atoms with van der Waals surface area (Å²) in [5.41, 5.74) is 0.550. The number of aromatic nitrogens is 2. The van der Waals surface area contributed by atoms with Crippen LogP contribution in [0.4, 0.5) is 0 Å². The highest BCUT2D eigenvalue weighted by Gasteiger charge is 2.14. The highest BCUT2D eigenvalue weighted by molar-refractivity contribution is 7.15. The van der Waals surface area contributed by atoms with Gasteiger partial charge >= 0.3 is 5.97 Å². The van der Waals surface area contributed by atoms with Gasteiger partial charge in [-0.3, -0.25) is 18.9 Å². The maximum absolute atomic E-state index is 11.8. The van der Waals surface area contributed by atoms with Gasteiger partial charge in [-0.2, -0.15) is 0 Å². The van der Waals surface area contributed by atoms with Crippen molar-refractivity contribution in [2.24, 2.45) is 5.92 Å². The molecule has 0 aliphatic rings. The standard InChI is InChI=1S/C12H15N3O3S/c1-8(11(17)18)6-14(2)7-9-5-10(16)15-3-4-19-12(15)13-9/h3-5,8H,6-7H2,1-2H3,(H,17,18). The number of carboxylic acid groups (broad SMARTS) is 1. The maximum Gasteiger partial charge on any atom is 0.307 e. The molecular formula is C12H15N3O3S. The van der Waals surface area contributed by atoms with Gasteiger partial charge in [0.15, 0.2) is 4.96 Å². The summed E-state index contributed by atoms with van der Waals surface area (Å²) in [6.07, 6.45) is 1.69. The van der Waals surface area contributed by atoms with Gasteiger partial charge in [-0.15, -0.1) is 11.3 Å². The van der Waals surface area contributed by atoms with Crippen molar-refractivity contribution in [3.8, 4) is 0 Å². The SMILES string of the molecule is CC(CN(C)Cc1cc(=O)n2ccsc2n1)C(=O)O. The number of hydrogen-bond donors (Lipinski definition) is 1. The van der Waals surface area contributed by atoms with Crippen molar-refractivity contribution in [1.29, 1.82) is 0 Å². The number of aliphatic carboxylic acids is 1. The molecule has 0 aliphatic carbocycles. The molecule has 0 aliphatic heterocycles. The fourth-order valence-electron chi connectivity index (χ4n) is 1.86. The first kappa shape index (κ1) is 13.7. The van der Waals surface area contributed by atoms with E-state index in [2.05, 4.69) is 4.98 Å². The van der Waals surface area contributed by atoms with Gasteiger partial charge in [0.05, 0.1) is 11.6 Å². The number of fused-ring (bicyclic) bond motifs is 1. The van der Waals surface area contributed by atoms with Crippen LogP contribution in [0.2, 0.25) is 0 Å². The van der Waals surface area contributed by atoms with Crippen LogP contribution < -0.4 is 5.56 Å². The smallest absolute Gasteiger partial charge is 0.307 e. The number of carbonyl (C=O) groups is 1. The third kappa shape index (κ3) is 3.18. The highest BCUT2D eigenvalue weighted by Crippen LogP contribution is 2.08. The minimum atomic E-state index is -0.825. The Labute approximate surface area is 113 Å². The predicted octanol–water partition coefficient (Wildman–Crippen LogP) is 0.909. The van der Waals surface area contributed by atoms with Crippen molar-refractivity contribution in [3.63, 3.8) is 0 Å². The Morgan fingerprint density at radius 1 is 1.63 bits per heavy atom. The van der Waals surface area contributed by atoms with E-state index >= 15 is 0 Å². The van der Waals surface area contributed by atoms with Crippen molar-refractivity contribution in [2.45, 2.75) is 13.5 Å². The second kappa shape index (κ2) is 5.50. The van der Waals surface area contributed by atoms with Crippen molar-refractivity contribution < 1.29 is 9.90 Å². The van der Waals surface area contributed by atoms with E-state index in [-0.39, 0.29) is 5.56 Å². The lowest BCUT2D eigenvalue weighted by atomic mass is 10.2. The molecule has 102 valence electrons. The Morgan fingerprint density at radius 3 is 3.05 bits per heavy atom. The van der Waals surface area contributed by atoms with Crippen LogP contribution in [-0.2, 0) is 11.3 Å². The number of hydrogen-bond acceptors (Lipinski definition) is 5. The Kier molecular flexibility index (Phi) is 3.96. The molecular weight excluding hydrogens is 266 g/mol. The zero-order valence-electron chi connectivity index (χ0n) is 10.7. The average Bonchev–Trinajstić information content (AvgIpc) is 2.77. The molecule has 1 unspecified atom stereocenters. The van der Waals surface area contributed by atoms with E-state index in [0.29, 0.717) is 23.7 Å². The molecule has 0 saturated carbocycles. The summed E-state index contributed by atoms with van der Waals surface area (Å²) in [7, 11) is 1.82. The lowest BCUT2D eigenvalue weighted by molar-refractivity contribution is -0.141. The van der Waals surface area contributed by atoms with Crippen molar-refractivity contribution in [3.05, 3.63) is 33.7 Å². The van der Waals surface area contributed by atoms with Crippen LogP contribution in [-0.4, -0.2) is 39.0 Å². The highest BCUT2D eigenvalue weighted by atomic mass is 32.1. The van der Waals surface area contributed by atoms with E-state index in [1.54, 1.807) is 13.1 Å². The first-order valence-electron chi connectivity index (χ1n) is 5.84. The Balaban J connectivity index is 2.12. The molecule has 0 bridgehead atoms. The van der Waals surface area contributed by atoms with E-state index in [9.17, 15) is 9.59 Å². The molecule has 2 aromatic heterocycles. The molecule has 0 aromatic carbocycles. The van der Waals surface area contributed by atoms with Gasteiger partial charge in [0.25, 0.3) is 5.56 Å². The van der Waals surface area contributed by atoms with E-state index in [4.69, 9.17) is 5.11 Å². The lowest BCUT2D eigenvalue weighted by Gasteiger charge is -2.18.